The Morgan fingerprint density at radius 1 is 1.22 bits per heavy atom. The first-order valence-corrected chi connectivity index (χ1v) is 9.26. The lowest BCUT2D eigenvalue weighted by Crippen LogP contribution is -2.51. The van der Waals surface area contributed by atoms with Crippen molar-refractivity contribution in [2.75, 3.05) is 33.2 Å². The molecule has 0 aromatic rings. The lowest BCUT2D eigenvalue weighted by atomic mass is 9.71. The predicted octanol–water partition coefficient (Wildman–Crippen LogP) is 1.56. The van der Waals surface area contributed by atoms with Crippen molar-refractivity contribution in [2.24, 2.45) is 11.8 Å². The molecule has 3 amide bonds. The number of rotatable bonds is 8. The molecule has 1 heterocycles. The van der Waals surface area contributed by atoms with E-state index in [9.17, 15) is 14.4 Å². The average molecular weight is 371 g/mol. The maximum absolute atomic E-state index is 12.8. The van der Waals surface area contributed by atoms with Gasteiger partial charge in [0.2, 0.25) is 5.91 Å². The van der Waals surface area contributed by atoms with E-state index in [2.05, 4.69) is 10.2 Å². The van der Waals surface area contributed by atoms with E-state index in [1.165, 1.54) is 4.90 Å². The van der Waals surface area contributed by atoms with Gasteiger partial charge < -0.3 is 15.3 Å². The molecule has 0 radical (unpaired) electrons. The summed E-state index contributed by atoms with van der Waals surface area (Å²) in [6.45, 7) is 2.29. The molecule has 1 aliphatic heterocycles. The fourth-order valence-electron chi connectivity index (χ4n) is 3.84. The van der Waals surface area contributed by atoms with Crippen molar-refractivity contribution in [2.45, 2.75) is 12.8 Å². The summed E-state index contributed by atoms with van der Waals surface area (Å²) in [7, 11) is 1.95. The van der Waals surface area contributed by atoms with Crippen LogP contribution in [-0.2, 0) is 9.59 Å². The van der Waals surface area contributed by atoms with Crippen molar-refractivity contribution in [3.05, 3.63) is 47.6 Å². The van der Waals surface area contributed by atoms with Crippen LogP contribution in [0.3, 0.4) is 0 Å². The highest BCUT2D eigenvalue weighted by Gasteiger charge is 2.45. The largest absolute Gasteiger partial charge is 0.465 e. The average Bonchev–Trinajstić information content (AvgIpc) is 2.65. The van der Waals surface area contributed by atoms with Gasteiger partial charge in [-0.1, -0.05) is 36.5 Å². The number of carbonyl (C=O) groups excluding carboxylic acids is 2. The van der Waals surface area contributed by atoms with Gasteiger partial charge in [-0.25, -0.2) is 4.79 Å². The summed E-state index contributed by atoms with van der Waals surface area (Å²) in [6, 6.07) is 0. The van der Waals surface area contributed by atoms with Crippen molar-refractivity contribution in [1.82, 2.24) is 15.1 Å². The van der Waals surface area contributed by atoms with Gasteiger partial charge in [-0.15, -0.1) is 0 Å². The number of hydrogen-bond acceptors (Lipinski definition) is 4. The number of imide groups is 1. The van der Waals surface area contributed by atoms with E-state index in [1.54, 1.807) is 0 Å². The van der Waals surface area contributed by atoms with Crippen molar-refractivity contribution >= 4 is 17.9 Å². The third-order valence-electron chi connectivity index (χ3n) is 5.18. The van der Waals surface area contributed by atoms with Crippen LogP contribution < -0.4 is 5.32 Å². The van der Waals surface area contributed by atoms with E-state index in [1.807, 2.05) is 43.5 Å². The molecule has 0 saturated carbocycles. The Bertz CT molecular complexity index is 750. The molecular formula is C20H25N3O4. The monoisotopic (exact) mass is 371 g/mol. The minimum atomic E-state index is -1.01. The van der Waals surface area contributed by atoms with Crippen molar-refractivity contribution in [1.29, 1.82) is 0 Å². The number of allylic oxidation sites excluding steroid dienone is 6. The topological polar surface area (TPSA) is 90.0 Å². The Hall–Kier alpha value is -2.67. The Morgan fingerprint density at radius 2 is 2.00 bits per heavy atom. The van der Waals surface area contributed by atoms with Crippen molar-refractivity contribution in [3.63, 3.8) is 0 Å². The molecule has 27 heavy (non-hydrogen) atoms. The fourth-order valence-corrected chi connectivity index (χ4v) is 3.84. The van der Waals surface area contributed by atoms with Crippen LogP contribution in [0.25, 0.3) is 0 Å². The minimum Gasteiger partial charge on any atom is -0.465 e. The number of amides is 3. The van der Waals surface area contributed by atoms with Gasteiger partial charge in [0, 0.05) is 24.6 Å². The van der Waals surface area contributed by atoms with Crippen molar-refractivity contribution < 1.29 is 19.5 Å². The molecule has 7 nitrogen and oxygen atoms in total. The summed E-state index contributed by atoms with van der Waals surface area (Å²) < 4.78 is 0. The maximum Gasteiger partial charge on any atom is 0.404 e. The number of piperidine rings is 1. The van der Waals surface area contributed by atoms with Crippen LogP contribution in [0.5, 0.6) is 0 Å². The number of likely N-dealkylation sites (tertiary alicyclic amines) is 1. The number of carbonyl (C=O) groups is 3. The van der Waals surface area contributed by atoms with Crippen LogP contribution in [0, 0.1) is 11.8 Å². The first kappa shape index (κ1) is 19.1. The quantitative estimate of drug-likeness (QED) is 0.499. The molecule has 3 aliphatic rings. The number of nitrogens with one attached hydrogen (secondary N) is 1. The minimum absolute atomic E-state index is 0.118. The Labute approximate surface area is 158 Å². The standard InChI is InChI=1S/C20H25N3O4/c1-22(11-4-10-21-20(26)27)12-5-13-23-18(24)15-8-2-6-14-7-3-9-16(17(14)15)19(23)25/h2-3,6-9,15,17,21H,4-5,10-13H2,1H3,(H,26,27). The normalized spacial score (nSPS) is 23.3. The van der Waals surface area contributed by atoms with Gasteiger partial charge >= 0.3 is 6.09 Å². The van der Waals surface area contributed by atoms with E-state index in [0.29, 0.717) is 31.5 Å². The van der Waals surface area contributed by atoms with E-state index >= 15 is 0 Å². The number of hydrogen-bond donors (Lipinski definition) is 2. The van der Waals surface area contributed by atoms with Gasteiger partial charge in [-0.05, 0) is 38.6 Å². The molecule has 0 aromatic heterocycles. The molecule has 1 saturated heterocycles. The van der Waals surface area contributed by atoms with Gasteiger partial charge in [0.05, 0.1) is 5.92 Å². The second kappa shape index (κ2) is 8.35. The highest BCUT2D eigenvalue weighted by Crippen LogP contribution is 2.41. The zero-order chi connectivity index (χ0) is 19.4. The van der Waals surface area contributed by atoms with E-state index in [-0.39, 0.29) is 23.7 Å². The molecule has 2 atom stereocenters. The predicted molar refractivity (Wildman–Crippen MR) is 101 cm³/mol. The lowest BCUT2D eigenvalue weighted by molar-refractivity contribution is -0.148. The van der Waals surface area contributed by atoms with Crippen LogP contribution >= 0.6 is 0 Å². The fraction of sp³-hybridized carbons (Fsp3) is 0.450. The molecule has 1 fully saturated rings. The second-order valence-corrected chi connectivity index (χ2v) is 7.07. The van der Waals surface area contributed by atoms with E-state index in [4.69, 9.17) is 5.11 Å². The van der Waals surface area contributed by atoms with Gasteiger partial charge in [0.25, 0.3) is 5.91 Å². The molecule has 0 spiro atoms. The summed E-state index contributed by atoms with van der Waals surface area (Å²) in [5.74, 6) is -0.730. The van der Waals surface area contributed by atoms with Crippen LogP contribution in [0.1, 0.15) is 12.8 Å². The number of carboxylic acid groups (broad SMARTS) is 1. The number of nitrogens with zero attached hydrogens (tertiary/aromatic N) is 2. The Kier molecular flexibility index (Phi) is 5.91. The molecular weight excluding hydrogens is 346 g/mol. The summed E-state index contributed by atoms with van der Waals surface area (Å²) >= 11 is 0. The van der Waals surface area contributed by atoms with Crippen molar-refractivity contribution in [3.8, 4) is 0 Å². The highest BCUT2D eigenvalue weighted by atomic mass is 16.4. The Morgan fingerprint density at radius 3 is 2.78 bits per heavy atom. The SMILES string of the molecule is CN(CCCNC(=O)O)CCCN1C(=O)C2=CC=CC3=CC=CC(C1=O)C32. The summed E-state index contributed by atoms with van der Waals surface area (Å²) in [6.07, 6.45) is 11.8. The third-order valence-corrected chi connectivity index (χ3v) is 5.18. The van der Waals surface area contributed by atoms with Gasteiger partial charge in [0.1, 0.15) is 0 Å². The third kappa shape index (κ3) is 4.19. The van der Waals surface area contributed by atoms with E-state index < -0.39 is 6.09 Å². The van der Waals surface area contributed by atoms with Crippen LogP contribution in [0.4, 0.5) is 4.79 Å². The molecule has 0 aromatic carbocycles. The summed E-state index contributed by atoms with van der Waals surface area (Å²) in [4.78, 5) is 39.6. The van der Waals surface area contributed by atoms with Gasteiger partial charge in [0.15, 0.2) is 0 Å². The van der Waals surface area contributed by atoms with Crippen LogP contribution in [0.15, 0.2) is 47.6 Å². The molecule has 0 bridgehead atoms. The molecule has 2 aliphatic carbocycles. The molecule has 2 unspecified atom stereocenters. The first-order valence-electron chi connectivity index (χ1n) is 9.26. The zero-order valence-corrected chi connectivity index (χ0v) is 15.4. The molecule has 2 N–H and O–H groups in total. The van der Waals surface area contributed by atoms with Crippen LogP contribution in [-0.4, -0.2) is 66.0 Å². The van der Waals surface area contributed by atoms with Gasteiger partial charge in [-0.2, -0.15) is 0 Å². The maximum atomic E-state index is 12.8. The van der Waals surface area contributed by atoms with E-state index in [0.717, 1.165) is 18.7 Å². The Balaban J connectivity index is 1.52. The second-order valence-electron chi connectivity index (χ2n) is 7.07. The smallest absolute Gasteiger partial charge is 0.404 e. The lowest BCUT2D eigenvalue weighted by Gasteiger charge is -2.40. The molecule has 7 heteroatoms. The zero-order valence-electron chi connectivity index (χ0n) is 15.4. The first-order chi connectivity index (χ1) is 13.0. The van der Waals surface area contributed by atoms with Gasteiger partial charge in [-0.3, -0.25) is 14.5 Å². The summed E-state index contributed by atoms with van der Waals surface area (Å²) in [5.41, 5.74) is 1.72. The summed E-state index contributed by atoms with van der Waals surface area (Å²) in [5, 5.41) is 10.9. The highest BCUT2D eigenvalue weighted by molar-refractivity contribution is 6.10. The molecule has 3 rings (SSSR count). The molecule has 144 valence electrons. The van der Waals surface area contributed by atoms with Crippen LogP contribution in [0.2, 0.25) is 0 Å².